The van der Waals surface area contributed by atoms with Crippen LogP contribution in [0.25, 0.3) is 0 Å². The summed E-state index contributed by atoms with van der Waals surface area (Å²) in [6.07, 6.45) is 0. The Morgan fingerprint density at radius 3 is 2.85 bits per heavy atom. The van der Waals surface area contributed by atoms with Crippen LogP contribution in [0.1, 0.15) is 21.5 Å². The number of aryl methyl sites for hydroxylation is 1. The van der Waals surface area contributed by atoms with E-state index in [1.807, 2.05) is 0 Å². The Morgan fingerprint density at radius 1 is 1.46 bits per heavy atom. The van der Waals surface area contributed by atoms with Crippen molar-refractivity contribution in [2.45, 2.75) is 13.5 Å². The molecule has 4 heteroatoms. The monoisotopic (exact) mass is 180 g/mol. The first-order valence-electron chi connectivity index (χ1n) is 3.83. The number of phenolic OH excluding ortho intramolecular Hbond substituents is 2. The van der Waals surface area contributed by atoms with Crippen molar-refractivity contribution in [1.82, 2.24) is 0 Å². The average molecular weight is 180 g/mol. The van der Waals surface area contributed by atoms with E-state index in [-0.39, 0.29) is 23.7 Å². The van der Waals surface area contributed by atoms with Gasteiger partial charge in [0, 0.05) is 5.56 Å². The molecule has 1 heterocycles. The highest BCUT2D eigenvalue weighted by Gasteiger charge is 2.28. The van der Waals surface area contributed by atoms with Crippen LogP contribution < -0.4 is 0 Å². The molecule has 1 aromatic rings. The van der Waals surface area contributed by atoms with Crippen LogP contribution in [-0.4, -0.2) is 16.2 Å². The number of benzene rings is 1. The number of fused-ring (bicyclic) bond motifs is 1. The minimum Gasteiger partial charge on any atom is -0.504 e. The lowest BCUT2D eigenvalue weighted by atomic mass is 10.0. The van der Waals surface area contributed by atoms with E-state index in [1.54, 1.807) is 6.92 Å². The zero-order valence-corrected chi connectivity index (χ0v) is 7.00. The highest BCUT2D eigenvalue weighted by molar-refractivity contribution is 5.97. The second-order valence-electron chi connectivity index (χ2n) is 2.99. The van der Waals surface area contributed by atoms with E-state index < -0.39 is 5.97 Å². The van der Waals surface area contributed by atoms with Crippen molar-refractivity contribution in [2.75, 3.05) is 0 Å². The lowest BCUT2D eigenvalue weighted by Crippen LogP contribution is -1.95. The van der Waals surface area contributed by atoms with Gasteiger partial charge in [0.15, 0.2) is 11.5 Å². The van der Waals surface area contributed by atoms with Gasteiger partial charge in [-0.2, -0.15) is 0 Å². The van der Waals surface area contributed by atoms with Crippen LogP contribution in [0.3, 0.4) is 0 Å². The molecule has 4 nitrogen and oxygen atoms in total. The van der Waals surface area contributed by atoms with E-state index in [4.69, 9.17) is 4.74 Å². The number of ether oxygens (including phenoxy) is 1. The lowest BCUT2D eigenvalue weighted by Gasteiger charge is -2.04. The molecule has 13 heavy (non-hydrogen) atoms. The number of carbonyl (C=O) groups excluding carboxylic acids is 1. The quantitative estimate of drug-likeness (QED) is 0.463. The molecule has 0 aliphatic carbocycles. The number of hydrogen-bond acceptors (Lipinski definition) is 4. The molecule has 1 aromatic carbocycles. The van der Waals surface area contributed by atoms with Crippen LogP contribution in [0.15, 0.2) is 6.07 Å². The predicted molar refractivity (Wildman–Crippen MR) is 43.6 cm³/mol. The van der Waals surface area contributed by atoms with Crippen LogP contribution in [0.2, 0.25) is 0 Å². The normalized spacial score (nSPS) is 14.1. The first-order chi connectivity index (χ1) is 6.11. The molecule has 1 aliphatic heterocycles. The summed E-state index contributed by atoms with van der Waals surface area (Å²) in [5.74, 6) is -1.25. The third kappa shape index (κ3) is 0.950. The second-order valence-corrected chi connectivity index (χ2v) is 2.99. The summed E-state index contributed by atoms with van der Waals surface area (Å²) >= 11 is 0. The number of cyclic esters (lactones) is 1. The van der Waals surface area contributed by atoms with Crippen LogP contribution in [0, 0.1) is 6.92 Å². The Balaban J connectivity index is 2.77. The molecule has 0 atom stereocenters. The highest BCUT2D eigenvalue weighted by atomic mass is 16.5. The number of carbonyl (C=O) groups is 1. The van der Waals surface area contributed by atoms with Gasteiger partial charge in [-0.25, -0.2) is 4.79 Å². The lowest BCUT2D eigenvalue weighted by molar-refractivity contribution is 0.0532. The molecular formula is C9H8O4. The van der Waals surface area contributed by atoms with E-state index in [0.717, 1.165) is 5.56 Å². The van der Waals surface area contributed by atoms with Crippen LogP contribution in [0.4, 0.5) is 0 Å². The van der Waals surface area contributed by atoms with Gasteiger partial charge in [-0.1, -0.05) is 0 Å². The third-order valence-corrected chi connectivity index (χ3v) is 2.16. The van der Waals surface area contributed by atoms with Gasteiger partial charge in [-0.15, -0.1) is 0 Å². The fraction of sp³-hybridized carbons (Fsp3) is 0.222. The average Bonchev–Trinajstić information content (AvgIpc) is 2.44. The molecule has 0 bridgehead atoms. The van der Waals surface area contributed by atoms with Gasteiger partial charge in [0.05, 0.1) is 0 Å². The molecule has 2 N–H and O–H groups in total. The van der Waals surface area contributed by atoms with Gasteiger partial charge in [0.1, 0.15) is 12.2 Å². The Bertz CT molecular complexity index is 395. The summed E-state index contributed by atoms with van der Waals surface area (Å²) in [4.78, 5) is 11.1. The molecule has 0 radical (unpaired) electrons. The smallest absolute Gasteiger partial charge is 0.342 e. The fourth-order valence-corrected chi connectivity index (χ4v) is 1.44. The number of aromatic hydroxyl groups is 2. The zero-order valence-electron chi connectivity index (χ0n) is 7.00. The first-order valence-corrected chi connectivity index (χ1v) is 3.83. The molecule has 1 aliphatic rings. The maximum absolute atomic E-state index is 11.1. The molecule has 0 amide bonds. The summed E-state index contributed by atoms with van der Waals surface area (Å²) < 4.78 is 4.73. The van der Waals surface area contributed by atoms with Crippen molar-refractivity contribution in [2.24, 2.45) is 0 Å². The number of rotatable bonds is 0. The van der Waals surface area contributed by atoms with Crippen LogP contribution in [0.5, 0.6) is 11.5 Å². The van der Waals surface area contributed by atoms with Crippen molar-refractivity contribution in [3.8, 4) is 11.5 Å². The predicted octanol–water partition coefficient (Wildman–Crippen LogP) is 1.08. The third-order valence-electron chi connectivity index (χ3n) is 2.16. The molecule has 2 rings (SSSR count). The molecular weight excluding hydrogens is 172 g/mol. The summed E-state index contributed by atoms with van der Waals surface area (Å²) in [6, 6.07) is 1.41. The Hall–Kier alpha value is -1.71. The molecule has 0 saturated carbocycles. The van der Waals surface area contributed by atoms with Crippen molar-refractivity contribution < 1.29 is 19.7 Å². The van der Waals surface area contributed by atoms with E-state index in [2.05, 4.69) is 0 Å². The van der Waals surface area contributed by atoms with E-state index in [1.165, 1.54) is 6.07 Å². The minimum atomic E-state index is -0.577. The summed E-state index contributed by atoms with van der Waals surface area (Å²) in [6.45, 7) is 1.92. The van der Waals surface area contributed by atoms with Crippen molar-refractivity contribution in [3.05, 3.63) is 22.8 Å². The van der Waals surface area contributed by atoms with Gasteiger partial charge >= 0.3 is 5.97 Å². The SMILES string of the molecule is Cc1cc(O)c(O)c2c1COC2=O. The van der Waals surface area contributed by atoms with Gasteiger partial charge in [0.2, 0.25) is 0 Å². The Kier molecular flexibility index (Phi) is 1.45. The van der Waals surface area contributed by atoms with Crippen molar-refractivity contribution in [3.63, 3.8) is 0 Å². The largest absolute Gasteiger partial charge is 0.504 e. The summed E-state index contributed by atoms with van der Waals surface area (Å²) in [5, 5.41) is 18.6. The molecule has 0 saturated heterocycles. The standard InChI is InChI=1S/C9H8O4/c1-4-2-6(10)8(11)7-5(4)3-13-9(7)12/h2,10-11H,3H2,1H3. The van der Waals surface area contributed by atoms with Gasteiger partial charge in [-0.3, -0.25) is 0 Å². The van der Waals surface area contributed by atoms with Gasteiger partial charge in [-0.05, 0) is 18.6 Å². The van der Waals surface area contributed by atoms with E-state index in [9.17, 15) is 15.0 Å². The minimum absolute atomic E-state index is 0.0949. The number of esters is 1. The highest BCUT2D eigenvalue weighted by Crippen LogP contribution is 2.37. The maximum Gasteiger partial charge on any atom is 0.342 e. The van der Waals surface area contributed by atoms with Crippen LogP contribution in [-0.2, 0) is 11.3 Å². The van der Waals surface area contributed by atoms with E-state index in [0.29, 0.717) is 5.56 Å². The molecule has 68 valence electrons. The van der Waals surface area contributed by atoms with Crippen LogP contribution >= 0.6 is 0 Å². The fourth-order valence-electron chi connectivity index (χ4n) is 1.44. The van der Waals surface area contributed by atoms with E-state index >= 15 is 0 Å². The summed E-state index contributed by atoms with van der Waals surface area (Å²) in [5.41, 5.74) is 1.49. The first kappa shape index (κ1) is 7.91. The Labute approximate surface area is 74.4 Å². The summed E-state index contributed by atoms with van der Waals surface area (Å²) in [7, 11) is 0. The maximum atomic E-state index is 11.1. The number of hydrogen-bond donors (Lipinski definition) is 2. The van der Waals surface area contributed by atoms with Crippen molar-refractivity contribution in [1.29, 1.82) is 0 Å². The molecule has 0 unspecified atom stereocenters. The van der Waals surface area contributed by atoms with Gasteiger partial charge < -0.3 is 14.9 Å². The Morgan fingerprint density at radius 2 is 2.15 bits per heavy atom. The molecule has 0 spiro atoms. The zero-order chi connectivity index (χ0) is 9.59. The topological polar surface area (TPSA) is 66.8 Å². The second kappa shape index (κ2) is 2.39. The van der Waals surface area contributed by atoms with Crippen molar-refractivity contribution >= 4 is 5.97 Å². The number of phenols is 2. The molecule has 0 fully saturated rings. The molecule has 0 aromatic heterocycles. The van der Waals surface area contributed by atoms with Gasteiger partial charge in [0.25, 0.3) is 0 Å².